The number of hydrogen-bond donors (Lipinski definition) is 2. The monoisotopic (exact) mass is 522 g/mol. The molecule has 1 heterocycles. The number of rotatable bonds is 7. The Kier molecular flexibility index (Phi) is 7.33. The normalized spacial score (nSPS) is 14.6. The molecule has 3 aromatic rings. The fourth-order valence-corrected chi connectivity index (χ4v) is 3.94. The predicted octanol–water partition coefficient (Wildman–Crippen LogP) is 4.46. The minimum absolute atomic E-state index is 0.0397. The van der Waals surface area contributed by atoms with Gasteiger partial charge in [0.1, 0.15) is 12.2 Å². The number of benzene rings is 3. The summed E-state index contributed by atoms with van der Waals surface area (Å²) in [6.07, 6.45) is 1.44. The minimum atomic E-state index is -1.00. The highest BCUT2D eigenvalue weighted by Gasteiger charge is 2.34. The predicted molar refractivity (Wildman–Crippen MR) is 138 cm³/mol. The number of carboxylic acids is 1. The Hall–Kier alpha value is -4.21. The molecule has 1 saturated heterocycles. The van der Waals surface area contributed by atoms with Crippen LogP contribution in [0.15, 0.2) is 72.3 Å². The second-order valence-electron chi connectivity index (χ2n) is 7.64. The van der Waals surface area contributed by atoms with E-state index in [2.05, 4.69) is 5.32 Å². The van der Waals surface area contributed by atoms with Gasteiger partial charge in [-0.1, -0.05) is 35.9 Å². The lowest BCUT2D eigenvalue weighted by atomic mass is 10.1. The molecule has 1 aliphatic rings. The average molecular weight is 523 g/mol. The van der Waals surface area contributed by atoms with E-state index in [4.69, 9.17) is 38.4 Å². The van der Waals surface area contributed by atoms with Crippen LogP contribution in [-0.4, -0.2) is 35.1 Å². The molecule has 4 rings (SSSR count). The van der Waals surface area contributed by atoms with Crippen LogP contribution in [0.25, 0.3) is 6.08 Å². The van der Waals surface area contributed by atoms with Crippen molar-refractivity contribution < 1.29 is 29.0 Å². The highest BCUT2D eigenvalue weighted by molar-refractivity contribution is 7.80. The molecule has 10 heteroatoms. The molecule has 0 spiro atoms. The topological polar surface area (TPSA) is 105 Å². The number of nitrogens with zero attached hydrogens (tertiary/aromatic N) is 1. The van der Waals surface area contributed by atoms with Gasteiger partial charge in [-0.15, -0.1) is 0 Å². The summed E-state index contributed by atoms with van der Waals surface area (Å²) in [4.78, 5) is 38.0. The summed E-state index contributed by atoms with van der Waals surface area (Å²) in [6.45, 7) is 0.184. The van der Waals surface area contributed by atoms with Crippen molar-refractivity contribution in [1.29, 1.82) is 0 Å². The molecule has 3 aromatic carbocycles. The number of amides is 2. The Morgan fingerprint density at radius 3 is 2.50 bits per heavy atom. The Morgan fingerprint density at radius 2 is 1.83 bits per heavy atom. The van der Waals surface area contributed by atoms with Gasteiger partial charge in [-0.3, -0.25) is 19.8 Å². The molecule has 0 aromatic heterocycles. The molecule has 2 amide bonds. The maximum atomic E-state index is 13.2. The molecule has 1 fully saturated rings. The number of aromatic carboxylic acids is 1. The third kappa shape index (κ3) is 5.37. The summed E-state index contributed by atoms with van der Waals surface area (Å²) in [5, 5.41) is 11.9. The average Bonchev–Trinajstić information content (AvgIpc) is 2.85. The van der Waals surface area contributed by atoms with Gasteiger partial charge in [0.05, 0.1) is 18.4 Å². The van der Waals surface area contributed by atoms with Gasteiger partial charge in [-0.05, 0) is 71.9 Å². The van der Waals surface area contributed by atoms with Crippen LogP contribution in [0, 0.1) is 0 Å². The first-order chi connectivity index (χ1) is 17.3. The van der Waals surface area contributed by atoms with E-state index in [-0.39, 0.29) is 22.9 Å². The number of methoxy groups -OCH3 is 1. The molecule has 2 N–H and O–H groups in total. The molecule has 0 atom stereocenters. The lowest BCUT2D eigenvalue weighted by molar-refractivity contribution is -0.122. The molecular weight excluding hydrogens is 504 g/mol. The van der Waals surface area contributed by atoms with Gasteiger partial charge in [0.15, 0.2) is 16.6 Å². The minimum Gasteiger partial charge on any atom is -0.493 e. The molecule has 0 saturated carbocycles. The van der Waals surface area contributed by atoms with E-state index in [0.29, 0.717) is 27.8 Å². The standard InChI is InChI=1S/C26H19ClN2O6S/c1-34-22-12-16(7-10-21(22)35-14-15-5-8-17(9-6-15)25(32)33)11-20-23(30)28-26(36)29(24(20)31)19-4-2-3-18(27)13-19/h2-13H,14H2,1H3,(H,32,33)(H,28,30,36)/b20-11-. The van der Waals surface area contributed by atoms with Gasteiger partial charge in [0.2, 0.25) is 0 Å². The fraction of sp³-hybridized carbons (Fsp3) is 0.0769. The van der Waals surface area contributed by atoms with E-state index in [0.717, 1.165) is 5.56 Å². The van der Waals surface area contributed by atoms with Crippen LogP contribution in [0.4, 0.5) is 5.69 Å². The number of carbonyl (C=O) groups is 3. The Bertz CT molecular complexity index is 1400. The summed E-state index contributed by atoms with van der Waals surface area (Å²) >= 11 is 11.3. The van der Waals surface area contributed by atoms with Crippen LogP contribution in [0.2, 0.25) is 5.02 Å². The second-order valence-corrected chi connectivity index (χ2v) is 8.46. The van der Waals surface area contributed by atoms with E-state index in [1.165, 1.54) is 30.2 Å². The van der Waals surface area contributed by atoms with E-state index >= 15 is 0 Å². The van der Waals surface area contributed by atoms with Crippen molar-refractivity contribution in [3.05, 3.63) is 94.0 Å². The van der Waals surface area contributed by atoms with Crippen molar-refractivity contribution in [3.63, 3.8) is 0 Å². The quantitative estimate of drug-likeness (QED) is 0.268. The first kappa shape index (κ1) is 24.9. The third-order valence-electron chi connectivity index (χ3n) is 5.26. The largest absolute Gasteiger partial charge is 0.493 e. The lowest BCUT2D eigenvalue weighted by Crippen LogP contribution is -2.54. The molecule has 0 unspecified atom stereocenters. The van der Waals surface area contributed by atoms with Crippen molar-refractivity contribution in [2.75, 3.05) is 12.0 Å². The van der Waals surface area contributed by atoms with Gasteiger partial charge in [0, 0.05) is 5.02 Å². The van der Waals surface area contributed by atoms with Crippen LogP contribution in [0.1, 0.15) is 21.5 Å². The number of nitrogens with one attached hydrogen (secondary N) is 1. The van der Waals surface area contributed by atoms with Crippen molar-refractivity contribution in [3.8, 4) is 11.5 Å². The molecule has 0 radical (unpaired) electrons. The van der Waals surface area contributed by atoms with Gasteiger partial charge in [0.25, 0.3) is 11.8 Å². The molecule has 0 bridgehead atoms. The van der Waals surface area contributed by atoms with Gasteiger partial charge in [-0.25, -0.2) is 4.79 Å². The number of halogens is 1. The first-order valence-corrected chi connectivity index (χ1v) is 11.4. The number of carbonyl (C=O) groups excluding carboxylic acids is 2. The maximum Gasteiger partial charge on any atom is 0.335 e. The first-order valence-electron chi connectivity index (χ1n) is 10.6. The van der Waals surface area contributed by atoms with Crippen molar-refractivity contribution in [2.45, 2.75) is 6.61 Å². The van der Waals surface area contributed by atoms with E-state index in [1.54, 1.807) is 54.6 Å². The van der Waals surface area contributed by atoms with Crippen LogP contribution in [-0.2, 0) is 16.2 Å². The van der Waals surface area contributed by atoms with Crippen LogP contribution in [0.3, 0.4) is 0 Å². The zero-order valence-electron chi connectivity index (χ0n) is 18.9. The van der Waals surface area contributed by atoms with E-state index in [9.17, 15) is 14.4 Å². The fourth-order valence-electron chi connectivity index (χ4n) is 3.47. The highest BCUT2D eigenvalue weighted by Crippen LogP contribution is 2.31. The summed E-state index contributed by atoms with van der Waals surface area (Å²) in [5.41, 5.74) is 1.81. The number of hydrogen-bond acceptors (Lipinski definition) is 6. The van der Waals surface area contributed by atoms with Crippen LogP contribution in [0.5, 0.6) is 11.5 Å². The molecule has 8 nitrogen and oxygen atoms in total. The summed E-state index contributed by atoms with van der Waals surface area (Å²) in [7, 11) is 1.47. The molecule has 36 heavy (non-hydrogen) atoms. The van der Waals surface area contributed by atoms with E-state index < -0.39 is 17.8 Å². The molecular formula is C26H19ClN2O6S. The van der Waals surface area contributed by atoms with Crippen LogP contribution >= 0.6 is 23.8 Å². The number of ether oxygens (including phenoxy) is 2. The number of anilines is 1. The maximum absolute atomic E-state index is 13.2. The molecule has 182 valence electrons. The number of thiocarbonyl (C=S) groups is 1. The summed E-state index contributed by atoms with van der Waals surface area (Å²) in [6, 6.07) is 17.9. The summed E-state index contributed by atoms with van der Waals surface area (Å²) < 4.78 is 11.2. The molecule has 0 aliphatic carbocycles. The van der Waals surface area contributed by atoms with Crippen molar-refractivity contribution >= 4 is 58.5 Å². The molecule has 1 aliphatic heterocycles. The summed E-state index contributed by atoms with van der Waals surface area (Å²) in [5.74, 6) is -1.39. The Balaban J connectivity index is 1.56. The third-order valence-corrected chi connectivity index (χ3v) is 5.78. The van der Waals surface area contributed by atoms with Crippen LogP contribution < -0.4 is 19.7 Å². The second kappa shape index (κ2) is 10.6. The van der Waals surface area contributed by atoms with Gasteiger partial charge in [-0.2, -0.15) is 0 Å². The highest BCUT2D eigenvalue weighted by atomic mass is 35.5. The van der Waals surface area contributed by atoms with Crippen molar-refractivity contribution in [2.24, 2.45) is 0 Å². The number of carboxylic acid groups (broad SMARTS) is 1. The SMILES string of the molecule is COc1cc(/C=C2/C(=O)NC(=S)N(c3cccc(Cl)c3)C2=O)ccc1OCc1ccc(C(=O)O)cc1. The zero-order chi connectivity index (χ0) is 25.8. The zero-order valence-corrected chi connectivity index (χ0v) is 20.4. The smallest absolute Gasteiger partial charge is 0.335 e. The van der Waals surface area contributed by atoms with Gasteiger partial charge < -0.3 is 14.6 Å². The van der Waals surface area contributed by atoms with Gasteiger partial charge >= 0.3 is 5.97 Å². The van der Waals surface area contributed by atoms with E-state index in [1.807, 2.05) is 0 Å². The Morgan fingerprint density at radius 1 is 1.08 bits per heavy atom. The lowest BCUT2D eigenvalue weighted by Gasteiger charge is -2.29. The van der Waals surface area contributed by atoms with Crippen molar-refractivity contribution in [1.82, 2.24) is 5.32 Å². The Labute approximate surface area is 216 Å².